The van der Waals surface area contributed by atoms with Crippen LogP contribution in [0.2, 0.25) is 0 Å². The highest BCUT2D eigenvalue weighted by molar-refractivity contribution is 5.90. The van der Waals surface area contributed by atoms with Crippen LogP contribution in [0.4, 0.5) is 0 Å². The first-order chi connectivity index (χ1) is 6.38. The minimum Gasteiger partial charge on any atom is -0.872 e. The summed E-state index contributed by atoms with van der Waals surface area (Å²) in [6.45, 7) is 5.35. The normalized spacial score (nSPS) is 11.1. The molecule has 0 aliphatic carbocycles. The summed E-state index contributed by atoms with van der Waals surface area (Å²) in [5.74, 6) is -0.649. The van der Waals surface area contributed by atoms with E-state index in [-0.39, 0.29) is 5.75 Å². The molecule has 0 radical (unpaired) electrons. The van der Waals surface area contributed by atoms with Gasteiger partial charge in [-0.2, -0.15) is 0 Å². The van der Waals surface area contributed by atoms with Crippen molar-refractivity contribution in [3.05, 3.63) is 29.8 Å². The largest absolute Gasteiger partial charge is 0.872 e. The second-order valence-corrected chi connectivity index (χ2v) is 4.03. The average molecular weight is 193 g/mol. The SMILES string of the molecule is CC(C)(C)OC(=O)c1cccc([O-])c1. The van der Waals surface area contributed by atoms with Gasteiger partial charge in [0, 0.05) is 0 Å². The predicted octanol–water partition coefficient (Wildman–Crippen LogP) is 1.72. The highest BCUT2D eigenvalue weighted by Gasteiger charge is 2.17. The van der Waals surface area contributed by atoms with Crippen LogP contribution < -0.4 is 5.11 Å². The Kier molecular flexibility index (Phi) is 2.79. The zero-order chi connectivity index (χ0) is 10.8. The van der Waals surface area contributed by atoms with E-state index < -0.39 is 11.6 Å². The topological polar surface area (TPSA) is 49.4 Å². The van der Waals surface area contributed by atoms with Crippen molar-refractivity contribution in [1.29, 1.82) is 0 Å². The molecule has 0 atom stereocenters. The van der Waals surface area contributed by atoms with Gasteiger partial charge in [-0.15, -0.1) is 5.75 Å². The Morgan fingerprint density at radius 3 is 2.50 bits per heavy atom. The second kappa shape index (κ2) is 3.70. The van der Waals surface area contributed by atoms with E-state index in [0.29, 0.717) is 5.56 Å². The lowest BCUT2D eigenvalue weighted by molar-refractivity contribution is -0.268. The molecule has 0 spiro atoms. The first-order valence-corrected chi connectivity index (χ1v) is 4.39. The molecule has 0 saturated heterocycles. The van der Waals surface area contributed by atoms with E-state index in [2.05, 4.69) is 0 Å². The quantitative estimate of drug-likeness (QED) is 0.638. The molecule has 3 heteroatoms. The highest BCUT2D eigenvalue weighted by atomic mass is 16.6. The monoisotopic (exact) mass is 193 g/mol. The van der Waals surface area contributed by atoms with Crippen LogP contribution in [-0.2, 0) is 4.74 Å². The molecular formula is C11H13O3-. The van der Waals surface area contributed by atoms with Gasteiger partial charge < -0.3 is 9.84 Å². The van der Waals surface area contributed by atoms with E-state index in [9.17, 15) is 9.90 Å². The molecule has 0 heterocycles. The Balaban J connectivity index is 2.80. The molecular weight excluding hydrogens is 180 g/mol. The molecule has 0 saturated carbocycles. The van der Waals surface area contributed by atoms with Crippen molar-refractivity contribution in [2.75, 3.05) is 0 Å². The Hall–Kier alpha value is -1.51. The van der Waals surface area contributed by atoms with Crippen molar-refractivity contribution in [3.8, 4) is 5.75 Å². The average Bonchev–Trinajstić information content (AvgIpc) is 2.01. The van der Waals surface area contributed by atoms with E-state index in [0.717, 1.165) is 0 Å². The fourth-order valence-corrected chi connectivity index (χ4v) is 0.960. The predicted molar refractivity (Wildman–Crippen MR) is 51.1 cm³/mol. The Bertz CT molecular complexity index is 337. The van der Waals surface area contributed by atoms with Gasteiger partial charge in [0.05, 0.1) is 5.56 Å². The molecule has 14 heavy (non-hydrogen) atoms. The van der Waals surface area contributed by atoms with Gasteiger partial charge in [0.25, 0.3) is 0 Å². The first kappa shape index (κ1) is 10.6. The van der Waals surface area contributed by atoms with Gasteiger partial charge in [-0.25, -0.2) is 4.79 Å². The molecule has 0 aromatic heterocycles. The van der Waals surface area contributed by atoms with Crippen molar-refractivity contribution in [2.24, 2.45) is 0 Å². The van der Waals surface area contributed by atoms with Crippen LogP contribution in [-0.4, -0.2) is 11.6 Å². The van der Waals surface area contributed by atoms with Crippen molar-refractivity contribution in [1.82, 2.24) is 0 Å². The van der Waals surface area contributed by atoms with Crippen molar-refractivity contribution >= 4 is 5.97 Å². The minimum atomic E-state index is -0.532. The summed E-state index contributed by atoms with van der Waals surface area (Å²) in [4.78, 5) is 11.5. The van der Waals surface area contributed by atoms with Gasteiger partial charge in [-0.1, -0.05) is 18.2 Å². The summed E-state index contributed by atoms with van der Waals surface area (Å²) in [6, 6.07) is 5.78. The number of ether oxygens (including phenoxy) is 1. The Labute approximate surface area is 83.3 Å². The smallest absolute Gasteiger partial charge is 0.338 e. The number of benzene rings is 1. The van der Waals surface area contributed by atoms with Gasteiger partial charge in [0.1, 0.15) is 5.60 Å². The maximum Gasteiger partial charge on any atom is 0.338 e. The number of hydrogen-bond donors (Lipinski definition) is 0. The fourth-order valence-electron chi connectivity index (χ4n) is 0.960. The van der Waals surface area contributed by atoms with Gasteiger partial charge >= 0.3 is 5.97 Å². The lowest BCUT2D eigenvalue weighted by atomic mass is 10.1. The molecule has 0 fully saturated rings. The molecule has 0 aliphatic rings. The molecule has 1 aromatic carbocycles. The van der Waals surface area contributed by atoms with Crippen LogP contribution in [0.3, 0.4) is 0 Å². The molecule has 0 amide bonds. The minimum absolute atomic E-state index is 0.187. The maximum absolute atomic E-state index is 11.5. The molecule has 0 bridgehead atoms. The van der Waals surface area contributed by atoms with Gasteiger partial charge in [0.2, 0.25) is 0 Å². The molecule has 1 aromatic rings. The Morgan fingerprint density at radius 2 is 2.00 bits per heavy atom. The third-order valence-electron chi connectivity index (χ3n) is 1.47. The van der Waals surface area contributed by atoms with E-state index in [4.69, 9.17) is 4.74 Å². The summed E-state index contributed by atoms with van der Waals surface area (Å²) in [5.41, 5.74) is -0.233. The molecule has 1 rings (SSSR count). The van der Waals surface area contributed by atoms with Gasteiger partial charge in [-0.05, 0) is 26.8 Å². The van der Waals surface area contributed by atoms with Crippen LogP contribution >= 0.6 is 0 Å². The first-order valence-electron chi connectivity index (χ1n) is 4.39. The van der Waals surface area contributed by atoms with Crippen LogP contribution in [0, 0.1) is 0 Å². The Morgan fingerprint density at radius 1 is 1.36 bits per heavy atom. The number of carbonyl (C=O) groups excluding carboxylic acids is 1. The van der Waals surface area contributed by atoms with Gasteiger partial charge in [-0.3, -0.25) is 0 Å². The zero-order valence-corrected chi connectivity index (χ0v) is 8.53. The lowest BCUT2D eigenvalue weighted by Crippen LogP contribution is -2.23. The molecule has 76 valence electrons. The highest BCUT2D eigenvalue weighted by Crippen LogP contribution is 2.14. The number of hydrogen-bond acceptors (Lipinski definition) is 3. The molecule has 0 aliphatic heterocycles. The number of rotatable bonds is 1. The van der Waals surface area contributed by atoms with E-state index in [1.165, 1.54) is 12.1 Å². The summed E-state index contributed by atoms with van der Waals surface area (Å²) in [5, 5.41) is 11.0. The van der Waals surface area contributed by atoms with Crippen LogP contribution in [0.1, 0.15) is 31.1 Å². The van der Waals surface area contributed by atoms with E-state index >= 15 is 0 Å². The van der Waals surface area contributed by atoms with Crippen molar-refractivity contribution in [2.45, 2.75) is 26.4 Å². The fraction of sp³-hybridized carbons (Fsp3) is 0.364. The standard InChI is InChI=1S/C11H14O3/c1-11(2,3)14-10(13)8-5-4-6-9(12)7-8/h4-7,12H,1-3H3/p-1. The second-order valence-electron chi connectivity index (χ2n) is 4.03. The molecule has 3 nitrogen and oxygen atoms in total. The molecule has 0 N–H and O–H groups in total. The third kappa shape index (κ3) is 3.09. The van der Waals surface area contributed by atoms with Crippen molar-refractivity contribution in [3.63, 3.8) is 0 Å². The van der Waals surface area contributed by atoms with Gasteiger partial charge in [0.15, 0.2) is 0 Å². The lowest BCUT2D eigenvalue weighted by Gasteiger charge is -2.19. The van der Waals surface area contributed by atoms with Crippen LogP contribution in [0.25, 0.3) is 0 Å². The maximum atomic E-state index is 11.5. The summed E-state index contributed by atoms with van der Waals surface area (Å²) >= 11 is 0. The van der Waals surface area contributed by atoms with E-state index in [1.807, 2.05) is 0 Å². The number of esters is 1. The third-order valence-corrected chi connectivity index (χ3v) is 1.47. The summed E-state index contributed by atoms with van der Waals surface area (Å²) in [6.07, 6.45) is 0. The van der Waals surface area contributed by atoms with Crippen LogP contribution in [0.15, 0.2) is 24.3 Å². The van der Waals surface area contributed by atoms with E-state index in [1.54, 1.807) is 32.9 Å². The zero-order valence-electron chi connectivity index (χ0n) is 8.53. The number of carbonyl (C=O) groups is 1. The van der Waals surface area contributed by atoms with Crippen LogP contribution in [0.5, 0.6) is 5.75 Å². The summed E-state index contributed by atoms with van der Waals surface area (Å²) in [7, 11) is 0. The molecule has 0 unspecified atom stereocenters. The summed E-state index contributed by atoms with van der Waals surface area (Å²) < 4.78 is 5.10. The van der Waals surface area contributed by atoms with Crippen molar-refractivity contribution < 1.29 is 14.6 Å².